The highest BCUT2D eigenvalue weighted by Gasteiger charge is 2.32. The minimum absolute atomic E-state index is 0.0373. The molecule has 0 amide bonds. The van der Waals surface area contributed by atoms with E-state index in [4.69, 9.17) is 4.74 Å². The number of esters is 1. The Kier molecular flexibility index (Phi) is 4.53. The third-order valence-electron chi connectivity index (χ3n) is 2.70. The maximum atomic E-state index is 11.6. The summed E-state index contributed by atoms with van der Waals surface area (Å²) in [6, 6.07) is 0. The van der Waals surface area contributed by atoms with Gasteiger partial charge in [0.25, 0.3) is 0 Å². The van der Waals surface area contributed by atoms with Crippen molar-refractivity contribution in [2.75, 3.05) is 6.61 Å². The molecule has 0 saturated carbocycles. The summed E-state index contributed by atoms with van der Waals surface area (Å²) in [6.45, 7) is 3.55. The first kappa shape index (κ1) is 12.0. The Morgan fingerprint density at radius 2 is 2.27 bits per heavy atom. The van der Waals surface area contributed by atoms with E-state index in [2.05, 4.69) is 0 Å². The molecule has 84 valence electrons. The first-order valence-corrected chi connectivity index (χ1v) is 5.50. The van der Waals surface area contributed by atoms with E-state index in [9.17, 15) is 9.59 Å². The minimum Gasteiger partial charge on any atom is -0.465 e. The van der Waals surface area contributed by atoms with Crippen LogP contribution in [0.1, 0.15) is 33.1 Å². The van der Waals surface area contributed by atoms with Crippen LogP contribution in [-0.4, -0.2) is 18.4 Å². The van der Waals surface area contributed by atoms with Gasteiger partial charge in [-0.15, -0.1) is 0 Å². The summed E-state index contributed by atoms with van der Waals surface area (Å²) in [5, 5.41) is 0. The molecule has 0 bridgehead atoms. The molecule has 0 heterocycles. The number of hydrogen-bond donors (Lipinski definition) is 0. The number of ether oxygens (including phenoxy) is 1. The molecular weight excluding hydrogens is 192 g/mol. The summed E-state index contributed by atoms with van der Waals surface area (Å²) in [5.41, 5.74) is 0. The molecule has 3 heteroatoms. The van der Waals surface area contributed by atoms with Crippen LogP contribution < -0.4 is 0 Å². The predicted octanol–water partition coefficient (Wildman–Crippen LogP) is 2.11. The van der Waals surface area contributed by atoms with Crippen molar-refractivity contribution >= 4 is 11.8 Å². The van der Waals surface area contributed by atoms with Gasteiger partial charge in [0, 0.05) is 0 Å². The van der Waals surface area contributed by atoms with Crippen LogP contribution in [0.15, 0.2) is 12.2 Å². The molecule has 2 unspecified atom stereocenters. The molecule has 2 atom stereocenters. The fourth-order valence-corrected chi connectivity index (χ4v) is 1.99. The van der Waals surface area contributed by atoms with E-state index >= 15 is 0 Å². The quantitative estimate of drug-likeness (QED) is 0.405. The number of hydrogen-bond acceptors (Lipinski definition) is 3. The number of carbonyl (C=O) groups excluding carboxylic acids is 2. The van der Waals surface area contributed by atoms with E-state index < -0.39 is 5.92 Å². The van der Waals surface area contributed by atoms with Gasteiger partial charge < -0.3 is 4.74 Å². The van der Waals surface area contributed by atoms with Crippen LogP contribution in [0.4, 0.5) is 0 Å². The SMILES string of the molecule is CCOC(=O)C(C(C)=O)C1C=CCCC1. The summed E-state index contributed by atoms with van der Waals surface area (Å²) in [6.07, 6.45) is 7.02. The molecule has 0 N–H and O–H groups in total. The van der Waals surface area contributed by atoms with Crippen molar-refractivity contribution in [2.24, 2.45) is 11.8 Å². The van der Waals surface area contributed by atoms with E-state index in [0.717, 1.165) is 19.3 Å². The van der Waals surface area contributed by atoms with Crippen molar-refractivity contribution in [3.8, 4) is 0 Å². The van der Waals surface area contributed by atoms with Gasteiger partial charge in [-0.3, -0.25) is 9.59 Å². The monoisotopic (exact) mass is 210 g/mol. The Bertz CT molecular complexity index is 268. The van der Waals surface area contributed by atoms with Gasteiger partial charge in [0.1, 0.15) is 11.7 Å². The second-order valence-corrected chi connectivity index (χ2v) is 3.86. The Hall–Kier alpha value is -1.12. The maximum absolute atomic E-state index is 11.6. The highest BCUT2D eigenvalue weighted by atomic mass is 16.5. The van der Waals surface area contributed by atoms with E-state index in [0.29, 0.717) is 6.61 Å². The first-order chi connectivity index (χ1) is 7.16. The molecule has 0 saturated heterocycles. The molecule has 1 aliphatic rings. The van der Waals surface area contributed by atoms with E-state index in [1.54, 1.807) is 6.92 Å². The largest absolute Gasteiger partial charge is 0.465 e. The smallest absolute Gasteiger partial charge is 0.317 e. The van der Waals surface area contributed by atoms with Gasteiger partial charge in [0.15, 0.2) is 0 Å². The zero-order valence-electron chi connectivity index (χ0n) is 9.36. The molecule has 1 aliphatic carbocycles. The lowest BCUT2D eigenvalue weighted by Gasteiger charge is -2.22. The van der Waals surface area contributed by atoms with E-state index in [1.807, 2.05) is 12.2 Å². The first-order valence-electron chi connectivity index (χ1n) is 5.50. The van der Waals surface area contributed by atoms with Crippen molar-refractivity contribution in [1.82, 2.24) is 0 Å². The zero-order chi connectivity index (χ0) is 11.3. The second-order valence-electron chi connectivity index (χ2n) is 3.86. The average Bonchev–Trinajstić information content (AvgIpc) is 2.19. The molecule has 3 nitrogen and oxygen atoms in total. The molecular formula is C12H18O3. The topological polar surface area (TPSA) is 43.4 Å². The highest BCUT2D eigenvalue weighted by Crippen LogP contribution is 2.26. The van der Waals surface area contributed by atoms with Crippen molar-refractivity contribution in [1.29, 1.82) is 0 Å². The number of ketones is 1. The number of rotatable bonds is 4. The third kappa shape index (κ3) is 3.18. The number of allylic oxidation sites excluding steroid dienone is 2. The fourth-order valence-electron chi connectivity index (χ4n) is 1.99. The lowest BCUT2D eigenvalue weighted by molar-refractivity contribution is -0.152. The molecule has 0 aromatic heterocycles. The number of Topliss-reactive ketones (excluding diaryl/α,β-unsaturated/α-hetero) is 1. The van der Waals surface area contributed by atoms with Crippen molar-refractivity contribution in [3.63, 3.8) is 0 Å². The summed E-state index contributed by atoms with van der Waals surface area (Å²) in [5.74, 6) is -1.02. The van der Waals surface area contributed by atoms with Crippen LogP contribution >= 0.6 is 0 Å². The predicted molar refractivity (Wildman–Crippen MR) is 57.3 cm³/mol. The van der Waals surface area contributed by atoms with Gasteiger partial charge in [-0.25, -0.2) is 0 Å². The van der Waals surface area contributed by atoms with Gasteiger partial charge in [-0.2, -0.15) is 0 Å². The Morgan fingerprint density at radius 3 is 2.73 bits per heavy atom. The Labute approximate surface area is 90.5 Å². The highest BCUT2D eigenvalue weighted by molar-refractivity contribution is 5.98. The molecule has 0 radical (unpaired) electrons. The molecule has 15 heavy (non-hydrogen) atoms. The zero-order valence-corrected chi connectivity index (χ0v) is 9.36. The second kappa shape index (κ2) is 5.69. The van der Waals surface area contributed by atoms with E-state index in [-0.39, 0.29) is 17.7 Å². The van der Waals surface area contributed by atoms with E-state index in [1.165, 1.54) is 6.92 Å². The van der Waals surface area contributed by atoms with Crippen LogP contribution in [0.25, 0.3) is 0 Å². The maximum Gasteiger partial charge on any atom is 0.317 e. The van der Waals surface area contributed by atoms with Gasteiger partial charge in [0.2, 0.25) is 0 Å². The summed E-state index contributed by atoms with van der Waals surface area (Å²) in [4.78, 5) is 23.0. The van der Waals surface area contributed by atoms with Crippen LogP contribution in [-0.2, 0) is 14.3 Å². The normalized spacial score (nSPS) is 22.1. The summed E-state index contributed by atoms with van der Waals surface area (Å²) >= 11 is 0. The summed E-state index contributed by atoms with van der Waals surface area (Å²) < 4.78 is 4.92. The van der Waals surface area contributed by atoms with Crippen molar-refractivity contribution < 1.29 is 14.3 Å². The molecule has 0 aliphatic heterocycles. The Balaban J connectivity index is 2.72. The third-order valence-corrected chi connectivity index (χ3v) is 2.70. The molecule has 0 spiro atoms. The van der Waals surface area contributed by atoms with Crippen LogP contribution in [0, 0.1) is 11.8 Å². The van der Waals surface area contributed by atoms with Gasteiger partial charge in [0.05, 0.1) is 6.61 Å². The Morgan fingerprint density at radius 1 is 1.53 bits per heavy atom. The van der Waals surface area contributed by atoms with Crippen LogP contribution in [0.5, 0.6) is 0 Å². The van der Waals surface area contributed by atoms with Crippen LogP contribution in [0.3, 0.4) is 0 Å². The molecule has 0 fully saturated rings. The fraction of sp³-hybridized carbons (Fsp3) is 0.667. The standard InChI is InChI=1S/C12H18O3/c1-3-15-12(14)11(9(2)13)10-7-5-4-6-8-10/h5,7,10-11H,3-4,6,8H2,1-2H3. The van der Waals surface area contributed by atoms with Crippen molar-refractivity contribution in [2.45, 2.75) is 33.1 Å². The lowest BCUT2D eigenvalue weighted by atomic mass is 9.82. The number of carbonyl (C=O) groups is 2. The van der Waals surface area contributed by atoms with Gasteiger partial charge in [-0.1, -0.05) is 12.2 Å². The van der Waals surface area contributed by atoms with Crippen LogP contribution in [0.2, 0.25) is 0 Å². The summed E-state index contributed by atoms with van der Waals surface area (Å²) in [7, 11) is 0. The molecule has 0 aromatic rings. The van der Waals surface area contributed by atoms with Crippen molar-refractivity contribution in [3.05, 3.63) is 12.2 Å². The minimum atomic E-state index is -0.596. The lowest BCUT2D eigenvalue weighted by Crippen LogP contribution is -2.31. The molecule has 1 rings (SSSR count). The molecule has 0 aromatic carbocycles. The van der Waals surface area contributed by atoms with Gasteiger partial charge in [-0.05, 0) is 39.0 Å². The van der Waals surface area contributed by atoms with Gasteiger partial charge >= 0.3 is 5.97 Å². The average molecular weight is 210 g/mol.